The van der Waals surface area contributed by atoms with Gasteiger partial charge in [0.1, 0.15) is 6.10 Å². The number of rotatable bonds is 4. The van der Waals surface area contributed by atoms with Gasteiger partial charge in [-0.05, 0) is 38.5 Å². The van der Waals surface area contributed by atoms with Crippen LogP contribution in [0.25, 0.3) is 0 Å². The summed E-state index contributed by atoms with van der Waals surface area (Å²) in [6, 6.07) is 0. The van der Waals surface area contributed by atoms with Crippen molar-refractivity contribution in [3.63, 3.8) is 0 Å². The second-order valence-corrected chi connectivity index (χ2v) is 5.36. The van der Waals surface area contributed by atoms with Gasteiger partial charge >= 0.3 is 0 Å². The van der Waals surface area contributed by atoms with E-state index in [1.54, 1.807) is 5.54 Å². The highest BCUT2D eigenvalue weighted by Crippen LogP contribution is 2.34. The van der Waals surface area contributed by atoms with Crippen LogP contribution < -0.4 is 0 Å². The van der Waals surface area contributed by atoms with Crippen molar-refractivity contribution >= 4 is 11.6 Å². The summed E-state index contributed by atoms with van der Waals surface area (Å²) in [6.07, 6.45) is 6.89. The normalized spacial score (nSPS) is 38.1. The molecule has 0 aromatic rings. The zero-order valence-electron chi connectivity index (χ0n) is 11.0. The Labute approximate surface area is 114 Å². The zero-order chi connectivity index (χ0) is 12.8. The average molecular weight is 275 g/mol. The maximum Gasteiger partial charge on any atom is 0.160 e. The first-order chi connectivity index (χ1) is 8.83. The molecule has 0 aromatic heterocycles. The Morgan fingerprint density at radius 3 is 2.39 bits per heavy atom. The SMILES string of the molecule is CCO[C@H]1CO[C@H]([C@H]2CC[C@H](/C=C/Cl)CC2)OC1. The number of halogens is 1. The van der Waals surface area contributed by atoms with Crippen LogP contribution in [0.5, 0.6) is 0 Å². The van der Waals surface area contributed by atoms with Crippen LogP contribution in [0.3, 0.4) is 0 Å². The van der Waals surface area contributed by atoms with Crippen molar-refractivity contribution in [3.8, 4) is 0 Å². The molecule has 2 aliphatic rings. The number of ether oxygens (including phenoxy) is 3. The van der Waals surface area contributed by atoms with E-state index >= 15 is 0 Å². The minimum Gasteiger partial charge on any atom is -0.374 e. The molecule has 0 atom stereocenters. The molecule has 0 amide bonds. The van der Waals surface area contributed by atoms with Gasteiger partial charge in [0.05, 0.1) is 13.2 Å². The molecule has 4 heteroatoms. The first-order valence-corrected chi connectivity index (χ1v) is 7.38. The summed E-state index contributed by atoms with van der Waals surface area (Å²) in [4.78, 5) is 0. The summed E-state index contributed by atoms with van der Waals surface area (Å²) >= 11 is 5.62. The molecule has 2 fully saturated rings. The van der Waals surface area contributed by atoms with Crippen molar-refractivity contribution in [2.24, 2.45) is 11.8 Å². The van der Waals surface area contributed by atoms with E-state index in [0.29, 0.717) is 25.0 Å². The second kappa shape index (κ2) is 7.49. The van der Waals surface area contributed by atoms with Crippen LogP contribution in [-0.2, 0) is 14.2 Å². The lowest BCUT2D eigenvalue weighted by Crippen LogP contribution is -2.41. The minimum absolute atomic E-state index is 0.0253. The lowest BCUT2D eigenvalue weighted by Gasteiger charge is -2.36. The van der Waals surface area contributed by atoms with Gasteiger partial charge in [-0.15, -0.1) is 0 Å². The van der Waals surface area contributed by atoms with Crippen LogP contribution in [0.4, 0.5) is 0 Å². The molecule has 104 valence electrons. The molecule has 0 radical (unpaired) electrons. The van der Waals surface area contributed by atoms with Gasteiger partial charge in [0, 0.05) is 18.1 Å². The van der Waals surface area contributed by atoms with Gasteiger partial charge in [0.2, 0.25) is 0 Å². The fraction of sp³-hybridized carbons (Fsp3) is 0.857. The van der Waals surface area contributed by atoms with E-state index in [1.807, 2.05) is 6.92 Å². The van der Waals surface area contributed by atoms with Crippen LogP contribution in [0.2, 0.25) is 0 Å². The minimum atomic E-state index is -0.0253. The predicted molar refractivity (Wildman–Crippen MR) is 71.5 cm³/mol. The Hall–Kier alpha value is -0.0900. The van der Waals surface area contributed by atoms with E-state index < -0.39 is 0 Å². The molecular weight excluding hydrogens is 252 g/mol. The highest BCUT2D eigenvalue weighted by molar-refractivity contribution is 6.25. The maximum atomic E-state index is 5.79. The molecule has 3 nitrogen and oxygen atoms in total. The van der Waals surface area contributed by atoms with Crippen LogP contribution in [-0.4, -0.2) is 32.2 Å². The Balaban J connectivity index is 1.71. The van der Waals surface area contributed by atoms with Crippen molar-refractivity contribution in [2.75, 3.05) is 19.8 Å². The van der Waals surface area contributed by atoms with Crippen molar-refractivity contribution < 1.29 is 14.2 Å². The third-order valence-corrected chi connectivity index (χ3v) is 3.99. The Morgan fingerprint density at radius 2 is 1.83 bits per heavy atom. The summed E-state index contributed by atoms with van der Waals surface area (Å²) in [5, 5.41) is 0. The van der Waals surface area contributed by atoms with Gasteiger partial charge in [-0.1, -0.05) is 17.7 Å². The molecular formula is C14H23ClO3. The average Bonchev–Trinajstić information content (AvgIpc) is 2.41. The number of hydrogen-bond acceptors (Lipinski definition) is 3. The number of hydrogen-bond donors (Lipinski definition) is 0. The lowest BCUT2D eigenvalue weighted by atomic mass is 9.81. The Kier molecular flexibility index (Phi) is 5.96. The third kappa shape index (κ3) is 3.95. The van der Waals surface area contributed by atoms with E-state index in [4.69, 9.17) is 25.8 Å². The molecule has 0 unspecified atom stereocenters. The first-order valence-electron chi connectivity index (χ1n) is 6.95. The van der Waals surface area contributed by atoms with E-state index in [9.17, 15) is 0 Å². The second-order valence-electron chi connectivity index (χ2n) is 5.11. The molecule has 2 rings (SSSR count). The summed E-state index contributed by atoms with van der Waals surface area (Å²) in [5.74, 6) is 1.17. The molecule has 1 aliphatic carbocycles. The Bertz CT molecular complexity index is 254. The maximum absolute atomic E-state index is 5.79. The zero-order valence-corrected chi connectivity index (χ0v) is 11.8. The molecule has 0 bridgehead atoms. The van der Waals surface area contributed by atoms with Crippen LogP contribution in [0, 0.1) is 11.8 Å². The quantitative estimate of drug-likeness (QED) is 0.787. The summed E-state index contributed by atoms with van der Waals surface area (Å²) in [6.45, 7) is 4.05. The molecule has 1 aliphatic heterocycles. The lowest BCUT2D eigenvalue weighted by molar-refractivity contribution is -0.248. The van der Waals surface area contributed by atoms with E-state index in [0.717, 1.165) is 19.4 Å². The topological polar surface area (TPSA) is 27.7 Å². The summed E-state index contributed by atoms with van der Waals surface area (Å²) in [5.41, 5.74) is 1.64. The van der Waals surface area contributed by atoms with Crippen molar-refractivity contribution in [1.29, 1.82) is 0 Å². The van der Waals surface area contributed by atoms with E-state index in [2.05, 4.69) is 6.08 Å². The standard InChI is InChI=1S/C14H23ClO3/c1-2-16-13-9-17-14(18-10-13)12-5-3-11(4-6-12)7-8-15/h7-8,11-14H,2-6,9-10H2,1H3/b8-7+/t11-,12-,13-,14-. The molecule has 0 spiro atoms. The third-order valence-electron chi connectivity index (χ3n) is 3.84. The van der Waals surface area contributed by atoms with Gasteiger partial charge in [0.25, 0.3) is 0 Å². The molecule has 0 N–H and O–H groups in total. The van der Waals surface area contributed by atoms with E-state index in [-0.39, 0.29) is 12.4 Å². The Morgan fingerprint density at radius 1 is 1.17 bits per heavy atom. The molecule has 18 heavy (non-hydrogen) atoms. The van der Waals surface area contributed by atoms with Crippen LogP contribution in [0.15, 0.2) is 11.6 Å². The van der Waals surface area contributed by atoms with Gasteiger partial charge in [-0.3, -0.25) is 0 Å². The first kappa shape index (κ1) is 14.3. The fourth-order valence-corrected chi connectivity index (χ4v) is 3.02. The van der Waals surface area contributed by atoms with Gasteiger partial charge in [-0.25, -0.2) is 0 Å². The highest BCUT2D eigenvalue weighted by atomic mass is 35.5. The fourth-order valence-electron chi connectivity index (χ4n) is 2.82. The van der Waals surface area contributed by atoms with Crippen LogP contribution in [0.1, 0.15) is 32.6 Å². The van der Waals surface area contributed by atoms with Crippen molar-refractivity contribution in [1.82, 2.24) is 0 Å². The van der Waals surface area contributed by atoms with Gasteiger partial charge in [-0.2, -0.15) is 0 Å². The summed E-state index contributed by atoms with van der Waals surface area (Å²) in [7, 11) is 0. The molecule has 1 saturated heterocycles. The largest absolute Gasteiger partial charge is 0.374 e. The van der Waals surface area contributed by atoms with Gasteiger partial charge < -0.3 is 14.2 Å². The van der Waals surface area contributed by atoms with Crippen molar-refractivity contribution in [2.45, 2.75) is 45.0 Å². The molecule has 1 heterocycles. The van der Waals surface area contributed by atoms with Gasteiger partial charge in [0.15, 0.2) is 6.29 Å². The highest BCUT2D eigenvalue weighted by Gasteiger charge is 2.32. The monoisotopic (exact) mass is 274 g/mol. The predicted octanol–water partition coefficient (Wildman–Crippen LogP) is 3.32. The summed E-state index contributed by atoms with van der Waals surface area (Å²) < 4.78 is 17.1. The smallest absolute Gasteiger partial charge is 0.160 e. The van der Waals surface area contributed by atoms with Crippen LogP contribution >= 0.6 is 11.6 Å². The van der Waals surface area contributed by atoms with E-state index in [1.165, 1.54) is 12.8 Å². The molecule has 0 aromatic carbocycles. The van der Waals surface area contributed by atoms with Crippen molar-refractivity contribution in [3.05, 3.63) is 11.6 Å². The number of allylic oxidation sites excluding steroid dienone is 1. The molecule has 1 saturated carbocycles.